The maximum Gasteiger partial charge on any atom is 0.0725 e. The minimum Gasteiger partial charge on any atom is -0.372 e. The molecule has 1 atom stereocenters. The van der Waals surface area contributed by atoms with E-state index in [1.54, 1.807) is 11.3 Å². The van der Waals surface area contributed by atoms with Gasteiger partial charge in [0.15, 0.2) is 0 Å². The minimum absolute atomic E-state index is 0.170. The zero-order chi connectivity index (χ0) is 13.2. The van der Waals surface area contributed by atoms with Crippen molar-refractivity contribution in [1.82, 2.24) is 5.32 Å². The number of hydrogen-bond acceptors (Lipinski definition) is 3. The molecule has 0 amide bonds. The second-order valence-corrected chi connectivity index (χ2v) is 6.00. The Balaban J connectivity index is 1.98. The molecule has 1 aromatic heterocycles. The van der Waals surface area contributed by atoms with Gasteiger partial charge in [-0.3, -0.25) is 0 Å². The highest BCUT2D eigenvalue weighted by atomic mass is 35.5. The van der Waals surface area contributed by atoms with Crippen LogP contribution in [0.3, 0.4) is 0 Å². The van der Waals surface area contributed by atoms with Crippen molar-refractivity contribution in [2.24, 2.45) is 0 Å². The van der Waals surface area contributed by atoms with Crippen LogP contribution < -0.4 is 5.32 Å². The van der Waals surface area contributed by atoms with Crippen LogP contribution in [0.1, 0.15) is 34.5 Å². The van der Waals surface area contributed by atoms with Crippen molar-refractivity contribution in [2.45, 2.75) is 26.2 Å². The number of benzene rings is 1. The van der Waals surface area contributed by atoms with Crippen LogP contribution in [-0.4, -0.2) is 6.54 Å². The van der Waals surface area contributed by atoms with Crippen molar-refractivity contribution in [2.75, 3.05) is 6.54 Å². The van der Waals surface area contributed by atoms with Crippen LogP contribution in [0.4, 0.5) is 0 Å². The highest BCUT2D eigenvalue weighted by Crippen LogP contribution is 2.34. The molecule has 0 bridgehead atoms. The van der Waals surface area contributed by atoms with E-state index in [0.29, 0.717) is 0 Å². The fraction of sp³-hybridized carbons (Fsp3) is 0.333. The average molecular weight is 294 g/mol. The molecule has 1 N–H and O–H groups in total. The summed E-state index contributed by atoms with van der Waals surface area (Å²) in [5.74, 6) is 0. The molecule has 3 rings (SSSR count). The first-order valence-electron chi connectivity index (χ1n) is 6.45. The van der Waals surface area contributed by atoms with Gasteiger partial charge in [-0.15, -0.1) is 11.3 Å². The van der Waals surface area contributed by atoms with Crippen LogP contribution in [0, 0.1) is 0 Å². The molecule has 0 saturated heterocycles. The van der Waals surface area contributed by atoms with Crippen molar-refractivity contribution < 1.29 is 4.74 Å². The quantitative estimate of drug-likeness (QED) is 0.915. The summed E-state index contributed by atoms with van der Waals surface area (Å²) in [6.45, 7) is 4.49. The Hall–Kier alpha value is -0.870. The zero-order valence-corrected chi connectivity index (χ0v) is 12.4. The van der Waals surface area contributed by atoms with Gasteiger partial charge < -0.3 is 10.1 Å². The van der Waals surface area contributed by atoms with Gasteiger partial charge in [-0.2, -0.15) is 0 Å². The van der Waals surface area contributed by atoms with E-state index in [1.807, 2.05) is 11.4 Å². The largest absolute Gasteiger partial charge is 0.372 e. The van der Waals surface area contributed by atoms with E-state index < -0.39 is 0 Å². The zero-order valence-electron chi connectivity index (χ0n) is 10.8. The number of nitrogens with one attached hydrogen (secondary N) is 1. The molecule has 0 radical (unpaired) electrons. The van der Waals surface area contributed by atoms with Crippen molar-refractivity contribution in [3.05, 3.63) is 56.2 Å². The SMILES string of the molecule is CCNC(c1ccc2c(c1)COC2)c1sccc1Cl. The van der Waals surface area contributed by atoms with Gasteiger partial charge in [-0.25, -0.2) is 0 Å². The van der Waals surface area contributed by atoms with E-state index in [-0.39, 0.29) is 6.04 Å². The predicted molar refractivity (Wildman–Crippen MR) is 79.8 cm³/mol. The first kappa shape index (κ1) is 13.1. The number of rotatable bonds is 4. The maximum absolute atomic E-state index is 6.28. The third-order valence-corrected chi connectivity index (χ3v) is 4.82. The van der Waals surface area contributed by atoms with Gasteiger partial charge in [0.2, 0.25) is 0 Å². The fourth-order valence-corrected chi connectivity index (χ4v) is 3.72. The second-order valence-electron chi connectivity index (χ2n) is 4.64. The Morgan fingerprint density at radius 3 is 2.89 bits per heavy atom. The lowest BCUT2D eigenvalue weighted by atomic mass is 10.00. The molecule has 1 aromatic carbocycles. The molecule has 0 aliphatic carbocycles. The summed E-state index contributed by atoms with van der Waals surface area (Å²) >= 11 is 7.98. The molecule has 0 spiro atoms. The predicted octanol–water partition coefficient (Wildman–Crippen LogP) is 4.13. The first-order chi connectivity index (χ1) is 9.29. The van der Waals surface area contributed by atoms with Crippen molar-refractivity contribution in [3.8, 4) is 0 Å². The van der Waals surface area contributed by atoms with Gasteiger partial charge in [0.1, 0.15) is 0 Å². The summed E-state index contributed by atoms with van der Waals surface area (Å²) < 4.78 is 5.48. The highest BCUT2D eigenvalue weighted by Gasteiger charge is 2.20. The molecular weight excluding hydrogens is 278 g/mol. The lowest BCUT2D eigenvalue weighted by molar-refractivity contribution is 0.134. The molecule has 2 aromatic rings. The first-order valence-corrected chi connectivity index (χ1v) is 7.71. The average Bonchev–Trinajstić information content (AvgIpc) is 3.03. The number of halogens is 1. The van der Waals surface area contributed by atoms with Gasteiger partial charge >= 0.3 is 0 Å². The Morgan fingerprint density at radius 1 is 1.32 bits per heavy atom. The van der Waals surface area contributed by atoms with Crippen LogP contribution >= 0.6 is 22.9 Å². The lowest BCUT2D eigenvalue weighted by Gasteiger charge is -2.18. The number of ether oxygens (including phenoxy) is 1. The summed E-state index contributed by atoms with van der Waals surface area (Å²) in [5, 5.41) is 6.40. The monoisotopic (exact) mass is 293 g/mol. The number of thiophene rings is 1. The van der Waals surface area contributed by atoms with Gasteiger partial charge in [-0.1, -0.05) is 36.7 Å². The Morgan fingerprint density at radius 2 is 2.16 bits per heavy atom. The van der Waals surface area contributed by atoms with Gasteiger partial charge in [-0.05, 0) is 34.7 Å². The van der Waals surface area contributed by atoms with E-state index >= 15 is 0 Å². The van der Waals surface area contributed by atoms with E-state index in [2.05, 4.69) is 30.4 Å². The maximum atomic E-state index is 6.28. The molecule has 4 heteroatoms. The standard InChI is InChI=1S/C15H16ClNOS/c1-2-17-14(15-13(16)5-6-19-15)10-3-4-11-8-18-9-12(11)7-10/h3-7,14,17H,2,8-9H2,1H3. The van der Waals surface area contributed by atoms with Crippen LogP contribution in [-0.2, 0) is 18.0 Å². The Kier molecular flexibility index (Phi) is 3.89. The number of hydrogen-bond donors (Lipinski definition) is 1. The van der Waals surface area contributed by atoms with Crippen molar-refractivity contribution >= 4 is 22.9 Å². The highest BCUT2D eigenvalue weighted by molar-refractivity contribution is 7.10. The molecule has 100 valence electrons. The third-order valence-electron chi connectivity index (χ3n) is 3.39. The van der Waals surface area contributed by atoms with Crippen molar-refractivity contribution in [3.63, 3.8) is 0 Å². The van der Waals surface area contributed by atoms with Crippen LogP contribution in [0.15, 0.2) is 29.6 Å². The Labute approximate surface area is 122 Å². The molecule has 2 nitrogen and oxygen atoms in total. The van der Waals surface area contributed by atoms with E-state index in [0.717, 1.165) is 24.8 Å². The summed E-state index contributed by atoms with van der Waals surface area (Å²) in [6.07, 6.45) is 0. The molecule has 0 fully saturated rings. The van der Waals surface area contributed by atoms with Gasteiger partial charge in [0.05, 0.1) is 24.3 Å². The van der Waals surface area contributed by atoms with Crippen LogP contribution in [0.5, 0.6) is 0 Å². The van der Waals surface area contributed by atoms with E-state index in [1.165, 1.54) is 21.6 Å². The van der Waals surface area contributed by atoms with E-state index in [9.17, 15) is 0 Å². The smallest absolute Gasteiger partial charge is 0.0725 e. The lowest BCUT2D eigenvalue weighted by Crippen LogP contribution is -2.21. The normalized spacial score (nSPS) is 15.5. The molecule has 2 heterocycles. The van der Waals surface area contributed by atoms with Crippen LogP contribution in [0.2, 0.25) is 5.02 Å². The third kappa shape index (κ3) is 2.56. The molecular formula is C15H16ClNOS. The molecule has 1 unspecified atom stereocenters. The van der Waals surface area contributed by atoms with E-state index in [4.69, 9.17) is 16.3 Å². The van der Waals surface area contributed by atoms with Gasteiger partial charge in [0, 0.05) is 4.88 Å². The van der Waals surface area contributed by atoms with Gasteiger partial charge in [0.25, 0.3) is 0 Å². The summed E-state index contributed by atoms with van der Waals surface area (Å²) in [6, 6.07) is 8.72. The topological polar surface area (TPSA) is 21.3 Å². The molecule has 19 heavy (non-hydrogen) atoms. The molecule has 0 saturated carbocycles. The minimum atomic E-state index is 0.170. The van der Waals surface area contributed by atoms with Crippen LogP contribution in [0.25, 0.3) is 0 Å². The molecule has 1 aliphatic rings. The number of fused-ring (bicyclic) bond motifs is 1. The summed E-state index contributed by atoms with van der Waals surface area (Å²) in [5.41, 5.74) is 3.86. The van der Waals surface area contributed by atoms with Crippen molar-refractivity contribution in [1.29, 1.82) is 0 Å². The molecule has 1 aliphatic heterocycles. The fourth-order valence-electron chi connectivity index (χ4n) is 2.45. The summed E-state index contributed by atoms with van der Waals surface area (Å²) in [7, 11) is 0. The summed E-state index contributed by atoms with van der Waals surface area (Å²) in [4.78, 5) is 1.18. The Bertz CT molecular complexity index is 581. The second kappa shape index (κ2) is 5.63.